The van der Waals surface area contributed by atoms with Crippen molar-refractivity contribution in [2.24, 2.45) is 5.92 Å². The zero-order chi connectivity index (χ0) is 12.7. The fourth-order valence-corrected chi connectivity index (χ4v) is 1.34. The van der Waals surface area contributed by atoms with Gasteiger partial charge in [-0.1, -0.05) is 6.07 Å². The first-order valence-electron chi connectivity index (χ1n) is 5.22. The Balaban J connectivity index is 2.28. The lowest BCUT2D eigenvalue weighted by molar-refractivity contribution is -0.154. The summed E-state index contributed by atoms with van der Waals surface area (Å²) in [6, 6.07) is 5.40. The van der Waals surface area contributed by atoms with Crippen LogP contribution in [0.1, 0.15) is 12.8 Å². The van der Waals surface area contributed by atoms with Crippen molar-refractivity contribution in [3.8, 4) is 0 Å². The molecule has 3 N–H and O–H groups in total. The SMILES string of the molecule is O=C(O)C(CCCNc1ccccn1)C(=O)O. The maximum absolute atomic E-state index is 10.6. The second kappa shape index (κ2) is 6.47. The van der Waals surface area contributed by atoms with E-state index in [4.69, 9.17) is 10.2 Å². The zero-order valence-electron chi connectivity index (χ0n) is 9.17. The molecule has 0 unspecified atom stereocenters. The number of aliphatic carboxylic acids is 2. The van der Waals surface area contributed by atoms with E-state index in [0.29, 0.717) is 18.8 Å². The fraction of sp³-hybridized carbons (Fsp3) is 0.364. The molecule has 0 aromatic carbocycles. The van der Waals surface area contributed by atoms with Gasteiger partial charge in [-0.05, 0) is 25.0 Å². The molecular weight excluding hydrogens is 224 g/mol. The Morgan fingerprint density at radius 2 is 2.00 bits per heavy atom. The molecule has 0 amide bonds. The van der Waals surface area contributed by atoms with Crippen molar-refractivity contribution < 1.29 is 19.8 Å². The summed E-state index contributed by atoms with van der Waals surface area (Å²) < 4.78 is 0. The number of carboxylic acids is 2. The normalized spacial score (nSPS) is 10.2. The summed E-state index contributed by atoms with van der Waals surface area (Å²) in [5.74, 6) is -3.24. The van der Waals surface area contributed by atoms with Gasteiger partial charge in [0, 0.05) is 12.7 Å². The highest BCUT2D eigenvalue weighted by Crippen LogP contribution is 2.08. The number of nitrogens with one attached hydrogen (secondary N) is 1. The van der Waals surface area contributed by atoms with Gasteiger partial charge in [-0.3, -0.25) is 9.59 Å². The van der Waals surface area contributed by atoms with Gasteiger partial charge in [-0.15, -0.1) is 0 Å². The molecular formula is C11H14N2O4. The Hall–Kier alpha value is -2.11. The van der Waals surface area contributed by atoms with Crippen LogP contribution in [0.3, 0.4) is 0 Å². The van der Waals surface area contributed by atoms with Crippen molar-refractivity contribution in [1.29, 1.82) is 0 Å². The average molecular weight is 238 g/mol. The predicted octanol–water partition coefficient (Wildman–Crippen LogP) is 1.06. The number of anilines is 1. The van der Waals surface area contributed by atoms with E-state index in [1.807, 2.05) is 6.07 Å². The molecule has 0 aliphatic rings. The van der Waals surface area contributed by atoms with Gasteiger partial charge in [0.2, 0.25) is 0 Å². The second-order valence-electron chi connectivity index (χ2n) is 3.51. The van der Waals surface area contributed by atoms with Crippen molar-refractivity contribution in [2.75, 3.05) is 11.9 Å². The lowest BCUT2D eigenvalue weighted by atomic mass is 10.0. The van der Waals surface area contributed by atoms with Crippen molar-refractivity contribution >= 4 is 17.8 Å². The quantitative estimate of drug-likeness (QED) is 0.485. The van der Waals surface area contributed by atoms with E-state index < -0.39 is 17.9 Å². The van der Waals surface area contributed by atoms with Gasteiger partial charge in [-0.2, -0.15) is 0 Å². The van der Waals surface area contributed by atoms with E-state index in [9.17, 15) is 9.59 Å². The molecule has 1 aromatic heterocycles. The molecule has 17 heavy (non-hydrogen) atoms. The second-order valence-corrected chi connectivity index (χ2v) is 3.51. The van der Waals surface area contributed by atoms with Gasteiger partial charge in [0.1, 0.15) is 5.82 Å². The number of hydrogen-bond donors (Lipinski definition) is 3. The number of aromatic nitrogens is 1. The third-order valence-electron chi connectivity index (χ3n) is 2.24. The molecule has 1 rings (SSSR count). The van der Waals surface area contributed by atoms with Crippen LogP contribution in [0.25, 0.3) is 0 Å². The van der Waals surface area contributed by atoms with Crippen LogP contribution >= 0.6 is 0 Å². The first-order chi connectivity index (χ1) is 8.11. The van der Waals surface area contributed by atoms with Gasteiger partial charge in [0.25, 0.3) is 0 Å². The molecule has 0 fully saturated rings. The van der Waals surface area contributed by atoms with Gasteiger partial charge >= 0.3 is 11.9 Å². The predicted molar refractivity (Wildman–Crippen MR) is 60.7 cm³/mol. The van der Waals surface area contributed by atoms with E-state index >= 15 is 0 Å². The molecule has 0 spiro atoms. The molecule has 1 heterocycles. The highest BCUT2D eigenvalue weighted by atomic mass is 16.4. The molecule has 0 saturated carbocycles. The summed E-state index contributed by atoms with van der Waals surface area (Å²) in [5.41, 5.74) is 0. The van der Waals surface area contributed by atoms with E-state index in [1.165, 1.54) is 0 Å². The third kappa shape index (κ3) is 4.50. The minimum absolute atomic E-state index is 0.102. The van der Waals surface area contributed by atoms with Gasteiger partial charge in [0.05, 0.1) is 0 Å². The smallest absolute Gasteiger partial charge is 0.317 e. The highest BCUT2D eigenvalue weighted by Gasteiger charge is 2.24. The van der Waals surface area contributed by atoms with Crippen LogP contribution in [0.15, 0.2) is 24.4 Å². The number of pyridine rings is 1. The molecule has 6 nitrogen and oxygen atoms in total. The van der Waals surface area contributed by atoms with Crippen LogP contribution in [-0.2, 0) is 9.59 Å². The van der Waals surface area contributed by atoms with E-state index in [2.05, 4.69) is 10.3 Å². The van der Waals surface area contributed by atoms with Gasteiger partial charge in [-0.25, -0.2) is 4.98 Å². The molecule has 1 aromatic rings. The number of carboxylic acid groups (broad SMARTS) is 2. The van der Waals surface area contributed by atoms with Crippen LogP contribution in [-0.4, -0.2) is 33.7 Å². The summed E-state index contributed by atoms with van der Waals surface area (Å²) in [6.45, 7) is 0.494. The number of rotatable bonds is 7. The Bertz CT molecular complexity index is 366. The summed E-state index contributed by atoms with van der Waals surface area (Å²) in [4.78, 5) is 25.2. The molecule has 0 atom stereocenters. The first-order valence-corrected chi connectivity index (χ1v) is 5.22. The Kier molecular flexibility index (Phi) is 4.93. The maximum atomic E-state index is 10.6. The Labute approximate surface area is 98.3 Å². The van der Waals surface area contributed by atoms with Crippen LogP contribution in [0, 0.1) is 5.92 Å². The molecule has 6 heteroatoms. The van der Waals surface area contributed by atoms with Crippen molar-refractivity contribution in [1.82, 2.24) is 4.98 Å². The van der Waals surface area contributed by atoms with Gasteiger partial charge < -0.3 is 15.5 Å². The highest BCUT2D eigenvalue weighted by molar-refractivity contribution is 5.92. The summed E-state index contributed by atoms with van der Waals surface area (Å²) in [6.07, 6.45) is 2.20. The van der Waals surface area contributed by atoms with Gasteiger partial charge in [0.15, 0.2) is 5.92 Å². The van der Waals surface area contributed by atoms with E-state index in [0.717, 1.165) is 0 Å². The minimum atomic E-state index is -1.33. The van der Waals surface area contributed by atoms with Crippen molar-refractivity contribution in [2.45, 2.75) is 12.8 Å². The Morgan fingerprint density at radius 1 is 1.29 bits per heavy atom. The standard InChI is InChI=1S/C11H14N2O4/c14-10(15)8(11(16)17)4-3-7-13-9-5-1-2-6-12-9/h1-2,5-6,8H,3-4,7H2,(H,12,13)(H,14,15)(H,16,17). The molecule has 0 saturated heterocycles. The molecule has 0 radical (unpaired) electrons. The number of nitrogens with zero attached hydrogens (tertiary/aromatic N) is 1. The molecule has 92 valence electrons. The lowest BCUT2D eigenvalue weighted by Crippen LogP contribution is -2.24. The number of carbonyl (C=O) groups is 2. The molecule has 0 aliphatic heterocycles. The first kappa shape index (κ1) is 13.0. The van der Waals surface area contributed by atoms with E-state index in [1.54, 1.807) is 18.3 Å². The minimum Gasteiger partial charge on any atom is -0.481 e. The Morgan fingerprint density at radius 3 is 2.53 bits per heavy atom. The maximum Gasteiger partial charge on any atom is 0.317 e. The van der Waals surface area contributed by atoms with Crippen molar-refractivity contribution in [3.05, 3.63) is 24.4 Å². The molecule has 0 bridgehead atoms. The zero-order valence-corrected chi connectivity index (χ0v) is 9.17. The monoisotopic (exact) mass is 238 g/mol. The largest absolute Gasteiger partial charge is 0.481 e. The fourth-order valence-electron chi connectivity index (χ4n) is 1.34. The molecule has 0 aliphatic carbocycles. The van der Waals surface area contributed by atoms with Crippen LogP contribution < -0.4 is 5.32 Å². The summed E-state index contributed by atoms with van der Waals surface area (Å²) in [5, 5.41) is 20.3. The topological polar surface area (TPSA) is 99.5 Å². The van der Waals surface area contributed by atoms with Crippen LogP contribution in [0.4, 0.5) is 5.82 Å². The van der Waals surface area contributed by atoms with Crippen LogP contribution in [0.2, 0.25) is 0 Å². The lowest BCUT2D eigenvalue weighted by Gasteiger charge is -2.08. The summed E-state index contributed by atoms with van der Waals surface area (Å²) in [7, 11) is 0. The van der Waals surface area contributed by atoms with Crippen LogP contribution in [0.5, 0.6) is 0 Å². The third-order valence-corrected chi connectivity index (χ3v) is 2.24. The number of hydrogen-bond acceptors (Lipinski definition) is 4. The van der Waals surface area contributed by atoms with E-state index in [-0.39, 0.29) is 6.42 Å². The van der Waals surface area contributed by atoms with Crippen molar-refractivity contribution in [3.63, 3.8) is 0 Å². The average Bonchev–Trinajstić information content (AvgIpc) is 2.29. The summed E-state index contributed by atoms with van der Waals surface area (Å²) >= 11 is 0.